The lowest BCUT2D eigenvalue weighted by atomic mass is 10.2. The Morgan fingerprint density at radius 2 is 1.92 bits per heavy atom. The van der Waals surface area contributed by atoms with E-state index in [1.54, 1.807) is 0 Å². The zero-order chi connectivity index (χ0) is 9.68. The minimum atomic E-state index is -1.86. The molecule has 0 saturated carbocycles. The minimum absolute atomic E-state index is 0.531. The number of hydrogen-bond donors (Lipinski definition) is 0. The highest BCUT2D eigenvalue weighted by Crippen LogP contribution is 2.27. The Morgan fingerprint density at radius 3 is 2.46 bits per heavy atom. The van der Waals surface area contributed by atoms with Crippen molar-refractivity contribution in [1.29, 1.82) is 0 Å². The van der Waals surface area contributed by atoms with Gasteiger partial charge in [-0.05, 0) is 19.4 Å². The molecule has 0 fully saturated rings. The summed E-state index contributed by atoms with van der Waals surface area (Å²) in [5.74, 6) is 0. The third-order valence-electron chi connectivity index (χ3n) is 1.77. The van der Waals surface area contributed by atoms with E-state index < -0.39 is 8.03 Å². The highest BCUT2D eigenvalue weighted by atomic mass is 31.1. The van der Waals surface area contributed by atoms with Gasteiger partial charge in [-0.25, -0.2) is 0 Å². The fourth-order valence-electron chi connectivity index (χ4n) is 1.08. The quantitative estimate of drug-likeness (QED) is 0.695. The van der Waals surface area contributed by atoms with Crippen LogP contribution in [0.1, 0.15) is 18.1 Å². The molecule has 0 aliphatic carbocycles. The SMILES string of the molecule is CCO[PH](=O)Cc1ccc(C)cc1. The van der Waals surface area contributed by atoms with E-state index in [-0.39, 0.29) is 0 Å². The van der Waals surface area contributed by atoms with Crippen LogP contribution in [0.15, 0.2) is 24.3 Å². The summed E-state index contributed by atoms with van der Waals surface area (Å²) in [6, 6.07) is 8.04. The molecule has 0 aliphatic heterocycles. The van der Waals surface area contributed by atoms with Crippen molar-refractivity contribution in [2.45, 2.75) is 20.0 Å². The van der Waals surface area contributed by atoms with Crippen LogP contribution in [0.25, 0.3) is 0 Å². The van der Waals surface area contributed by atoms with E-state index in [0.29, 0.717) is 12.8 Å². The lowest BCUT2D eigenvalue weighted by molar-refractivity contribution is 0.350. The van der Waals surface area contributed by atoms with Crippen molar-refractivity contribution >= 4 is 8.03 Å². The van der Waals surface area contributed by atoms with Crippen molar-refractivity contribution in [2.24, 2.45) is 0 Å². The zero-order valence-electron chi connectivity index (χ0n) is 8.04. The van der Waals surface area contributed by atoms with Crippen molar-refractivity contribution in [3.63, 3.8) is 0 Å². The van der Waals surface area contributed by atoms with E-state index in [1.165, 1.54) is 5.56 Å². The molecule has 1 aromatic rings. The van der Waals surface area contributed by atoms with Gasteiger partial charge in [0.05, 0.1) is 6.61 Å². The first-order valence-electron chi connectivity index (χ1n) is 4.43. The van der Waals surface area contributed by atoms with Gasteiger partial charge in [-0.2, -0.15) is 0 Å². The molecule has 0 aliphatic rings. The van der Waals surface area contributed by atoms with Gasteiger partial charge >= 0.3 is 0 Å². The number of aryl methyl sites for hydroxylation is 1. The Labute approximate surface area is 79.8 Å². The van der Waals surface area contributed by atoms with Crippen LogP contribution < -0.4 is 0 Å². The van der Waals surface area contributed by atoms with Gasteiger partial charge in [0.15, 0.2) is 8.03 Å². The summed E-state index contributed by atoms with van der Waals surface area (Å²) in [6.07, 6.45) is 0.554. The first kappa shape index (κ1) is 10.5. The average molecular weight is 198 g/mol. The smallest absolute Gasteiger partial charge is 0.195 e. The van der Waals surface area contributed by atoms with Crippen LogP contribution in [0, 0.1) is 6.92 Å². The van der Waals surface area contributed by atoms with Gasteiger partial charge < -0.3 is 4.52 Å². The topological polar surface area (TPSA) is 26.3 Å². The first-order chi connectivity index (χ1) is 6.22. The standard InChI is InChI=1S/C10H15O2P/c1-3-12-13(11)8-10-6-4-9(2)5-7-10/h4-7,13H,3,8H2,1-2H3. The summed E-state index contributed by atoms with van der Waals surface area (Å²) in [7, 11) is -1.86. The normalized spacial score (nSPS) is 12.8. The summed E-state index contributed by atoms with van der Waals surface area (Å²) in [5.41, 5.74) is 2.31. The lowest BCUT2D eigenvalue weighted by Crippen LogP contribution is -1.83. The molecule has 0 spiro atoms. The Kier molecular flexibility index (Phi) is 4.20. The number of benzene rings is 1. The van der Waals surface area contributed by atoms with Crippen LogP contribution in [-0.4, -0.2) is 6.61 Å². The van der Waals surface area contributed by atoms with E-state index >= 15 is 0 Å². The van der Waals surface area contributed by atoms with Gasteiger partial charge in [0.1, 0.15) is 0 Å². The molecular weight excluding hydrogens is 183 g/mol. The summed E-state index contributed by atoms with van der Waals surface area (Å²) in [5, 5.41) is 0. The molecule has 1 aromatic carbocycles. The van der Waals surface area contributed by atoms with E-state index in [1.807, 2.05) is 38.1 Å². The van der Waals surface area contributed by atoms with Crippen LogP contribution >= 0.6 is 8.03 Å². The molecule has 1 rings (SSSR count). The van der Waals surface area contributed by atoms with Crippen LogP contribution in [0.3, 0.4) is 0 Å². The van der Waals surface area contributed by atoms with Gasteiger partial charge in [-0.3, -0.25) is 4.57 Å². The zero-order valence-corrected chi connectivity index (χ0v) is 9.04. The number of hydrogen-bond acceptors (Lipinski definition) is 2. The second-order valence-corrected chi connectivity index (χ2v) is 4.35. The monoisotopic (exact) mass is 198 g/mol. The molecule has 0 N–H and O–H groups in total. The van der Waals surface area contributed by atoms with Gasteiger partial charge in [0.2, 0.25) is 0 Å². The molecule has 13 heavy (non-hydrogen) atoms. The number of rotatable bonds is 4. The Bertz CT molecular complexity index is 279. The molecule has 3 heteroatoms. The fraction of sp³-hybridized carbons (Fsp3) is 0.400. The van der Waals surface area contributed by atoms with E-state index in [2.05, 4.69) is 0 Å². The summed E-state index contributed by atoms with van der Waals surface area (Å²) in [4.78, 5) is 0. The highest BCUT2D eigenvalue weighted by molar-refractivity contribution is 7.38. The second-order valence-electron chi connectivity index (χ2n) is 2.97. The summed E-state index contributed by atoms with van der Waals surface area (Å²) in [6.45, 7) is 4.43. The second kappa shape index (κ2) is 5.21. The third kappa shape index (κ3) is 3.75. The largest absolute Gasteiger partial charge is 0.331 e. The van der Waals surface area contributed by atoms with E-state index in [9.17, 15) is 4.57 Å². The predicted molar refractivity (Wildman–Crippen MR) is 55.5 cm³/mol. The van der Waals surface area contributed by atoms with Gasteiger partial charge in [0.25, 0.3) is 0 Å². The van der Waals surface area contributed by atoms with E-state index in [4.69, 9.17) is 4.52 Å². The summed E-state index contributed by atoms with van der Waals surface area (Å²) < 4.78 is 16.3. The molecule has 0 amide bonds. The predicted octanol–water partition coefficient (Wildman–Crippen LogP) is 3.01. The highest BCUT2D eigenvalue weighted by Gasteiger charge is 1.99. The molecule has 2 nitrogen and oxygen atoms in total. The van der Waals surface area contributed by atoms with Crippen LogP contribution in [0.2, 0.25) is 0 Å². The van der Waals surface area contributed by atoms with Gasteiger partial charge in [-0.1, -0.05) is 29.8 Å². The van der Waals surface area contributed by atoms with Crippen LogP contribution in [0.5, 0.6) is 0 Å². The maximum absolute atomic E-state index is 11.3. The molecule has 0 aromatic heterocycles. The maximum Gasteiger partial charge on any atom is 0.195 e. The van der Waals surface area contributed by atoms with E-state index in [0.717, 1.165) is 5.56 Å². The van der Waals surface area contributed by atoms with Gasteiger partial charge in [-0.15, -0.1) is 0 Å². The Morgan fingerprint density at radius 1 is 1.31 bits per heavy atom. The van der Waals surface area contributed by atoms with Crippen molar-refractivity contribution in [1.82, 2.24) is 0 Å². The molecule has 0 heterocycles. The molecule has 1 atom stereocenters. The Balaban J connectivity index is 2.54. The van der Waals surface area contributed by atoms with Crippen molar-refractivity contribution < 1.29 is 9.09 Å². The van der Waals surface area contributed by atoms with Crippen molar-refractivity contribution in [2.75, 3.05) is 6.61 Å². The third-order valence-corrected chi connectivity index (χ3v) is 3.08. The molecule has 0 radical (unpaired) electrons. The average Bonchev–Trinajstić information content (AvgIpc) is 2.09. The molecule has 0 saturated heterocycles. The van der Waals surface area contributed by atoms with Gasteiger partial charge in [0, 0.05) is 6.16 Å². The molecule has 72 valence electrons. The first-order valence-corrected chi connectivity index (χ1v) is 5.96. The summed E-state index contributed by atoms with van der Waals surface area (Å²) >= 11 is 0. The minimum Gasteiger partial charge on any atom is -0.331 e. The van der Waals surface area contributed by atoms with Crippen molar-refractivity contribution in [3.05, 3.63) is 35.4 Å². The maximum atomic E-state index is 11.3. The van der Waals surface area contributed by atoms with Crippen LogP contribution in [0.4, 0.5) is 0 Å². The van der Waals surface area contributed by atoms with Crippen LogP contribution in [-0.2, 0) is 15.3 Å². The molecule has 0 bridgehead atoms. The molecule has 1 unspecified atom stereocenters. The lowest BCUT2D eigenvalue weighted by Gasteiger charge is -2.02. The Hall–Kier alpha value is -0.590. The van der Waals surface area contributed by atoms with Crippen molar-refractivity contribution in [3.8, 4) is 0 Å². The molecular formula is C10H15O2P. The fourth-order valence-corrected chi connectivity index (χ4v) is 2.08.